The summed E-state index contributed by atoms with van der Waals surface area (Å²) in [6.45, 7) is 0.245. The monoisotopic (exact) mass is 229 g/mol. The molecule has 0 unspecified atom stereocenters. The van der Waals surface area contributed by atoms with E-state index >= 15 is 0 Å². The molecule has 0 bridgehead atoms. The van der Waals surface area contributed by atoms with Crippen molar-refractivity contribution in [1.82, 2.24) is 5.32 Å². The van der Waals surface area contributed by atoms with Crippen LogP contribution in [0.25, 0.3) is 0 Å². The first-order chi connectivity index (χ1) is 6.97. The summed E-state index contributed by atoms with van der Waals surface area (Å²) in [5, 5.41) is 2.38. The number of benzene rings is 1. The van der Waals surface area contributed by atoms with E-state index in [0.717, 1.165) is 5.56 Å². The van der Waals surface area contributed by atoms with E-state index in [1.54, 1.807) is 12.1 Å². The van der Waals surface area contributed by atoms with Crippen LogP contribution in [0.2, 0.25) is 0 Å². The molecule has 0 aliphatic rings. The first-order valence-electron chi connectivity index (χ1n) is 4.23. The second kappa shape index (κ2) is 4.90. The summed E-state index contributed by atoms with van der Waals surface area (Å²) in [5.41, 5.74) is 0.862. The molecule has 0 aliphatic carbocycles. The fourth-order valence-electron chi connectivity index (χ4n) is 1.01. The van der Waals surface area contributed by atoms with Crippen molar-refractivity contribution in [3.63, 3.8) is 0 Å². The molecule has 5 nitrogen and oxygen atoms in total. The second-order valence-electron chi connectivity index (χ2n) is 2.99. The minimum absolute atomic E-state index is 0.245. The number of carbonyl (C=O) groups is 1. The van der Waals surface area contributed by atoms with Gasteiger partial charge in [0, 0.05) is 6.54 Å². The molecular formula is C9H11NO4S. The zero-order valence-electron chi connectivity index (χ0n) is 7.88. The molecule has 0 atom stereocenters. The molecule has 0 fully saturated rings. The van der Waals surface area contributed by atoms with Crippen molar-refractivity contribution < 1.29 is 17.8 Å². The van der Waals surface area contributed by atoms with Crippen molar-refractivity contribution in [3.05, 3.63) is 35.9 Å². The van der Waals surface area contributed by atoms with Gasteiger partial charge in [0.2, 0.25) is 5.91 Å². The Labute approximate surface area is 87.9 Å². The summed E-state index contributed by atoms with van der Waals surface area (Å²) in [6, 6.07) is 9.06. The lowest BCUT2D eigenvalue weighted by atomic mass is 10.2. The van der Waals surface area contributed by atoms with Crippen molar-refractivity contribution in [2.45, 2.75) is 6.54 Å². The van der Waals surface area contributed by atoms with Crippen LogP contribution in [-0.2, 0) is 21.5 Å². The first kappa shape index (κ1) is 11.7. The number of carbonyl (C=O) groups excluding carboxylic acids is 1. The van der Waals surface area contributed by atoms with Crippen molar-refractivity contribution in [3.8, 4) is 0 Å². The maximum Gasteiger partial charge on any atom is 0.274 e. The van der Waals surface area contributed by atoms with E-state index in [-0.39, 0.29) is 6.54 Å². The molecular weight excluding hydrogens is 218 g/mol. The molecule has 2 N–H and O–H groups in total. The molecule has 1 amide bonds. The van der Waals surface area contributed by atoms with Gasteiger partial charge in [-0.2, -0.15) is 8.42 Å². The SMILES string of the molecule is O=C(CS(=O)(=O)O)NCc1ccccc1. The second-order valence-corrected chi connectivity index (χ2v) is 4.44. The number of rotatable bonds is 4. The highest BCUT2D eigenvalue weighted by atomic mass is 32.2. The number of hydrogen-bond donors (Lipinski definition) is 2. The maximum atomic E-state index is 11.0. The summed E-state index contributed by atoms with van der Waals surface area (Å²) < 4.78 is 29.1. The van der Waals surface area contributed by atoms with Gasteiger partial charge >= 0.3 is 0 Å². The van der Waals surface area contributed by atoms with Crippen LogP contribution in [0.3, 0.4) is 0 Å². The fourth-order valence-corrected chi connectivity index (χ4v) is 1.45. The maximum absolute atomic E-state index is 11.0. The molecule has 0 saturated carbocycles. The molecule has 0 saturated heterocycles. The summed E-state index contributed by atoms with van der Waals surface area (Å²) >= 11 is 0. The smallest absolute Gasteiger partial charge is 0.274 e. The normalized spacial score (nSPS) is 11.0. The summed E-state index contributed by atoms with van der Waals surface area (Å²) in [4.78, 5) is 11.0. The van der Waals surface area contributed by atoms with Gasteiger partial charge in [-0.3, -0.25) is 9.35 Å². The minimum Gasteiger partial charge on any atom is -0.351 e. The predicted octanol–water partition coefficient (Wildman–Crippen LogP) is 0.191. The zero-order valence-corrected chi connectivity index (χ0v) is 8.70. The van der Waals surface area contributed by atoms with Crippen LogP contribution in [0.4, 0.5) is 0 Å². The first-order valence-corrected chi connectivity index (χ1v) is 5.84. The standard InChI is InChI=1S/C9H11NO4S/c11-9(7-15(12,13)14)10-6-8-4-2-1-3-5-8/h1-5H,6-7H2,(H,10,11)(H,12,13,14). The van der Waals surface area contributed by atoms with Gasteiger partial charge in [0.15, 0.2) is 5.75 Å². The number of nitrogens with one attached hydrogen (secondary N) is 1. The van der Waals surface area contributed by atoms with Crippen LogP contribution in [0, 0.1) is 0 Å². The number of amides is 1. The molecule has 0 aliphatic heterocycles. The Bertz CT molecular complexity index is 427. The average molecular weight is 229 g/mol. The molecule has 0 aromatic heterocycles. The van der Waals surface area contributed by atoms with Crippen molar-refractivity contribution in [2.75, 3.05) is 5.75 Å². The predicted molar refractivity (Wildman–Crippen MR) is 54.7 cm³/mol. The quantitative estimate of drug-likeness (QED) is 0.722. The molecule has 1 aromatic carbocycles. The molecule has 6 heteroatoms. The van der Waals surface area contributed by atoms with Crippen LogP contribution in [-0.4, -0.2) is 24.6 Å². The van der Waals surface area contributed by atoms with E-state index in [4.69, 9.17) is 4.55 Å². The summed E-state index contributed by atoms with van der Waals surface area (Å²) in [7, 11) is -4.24. The molecule has 1 aromatic rings. The Kier molecular flexibility index (Phi) is 3.81. The Balaban J connectivity index is 2.42. The molecule has 0 radical (unpaired) electrons. The zero-order chi connectivity index (χ0) is 11.3. The third kappa shape index (κ3) is 5.14. The van der Waals surface area contributed by atoms with E-state index in [2.05, 4.69) is 5.32 Å². The van der Waals surface area contributed by atoms with Crippen molar-refractivity contribution in [2.24, 2.45) is 0 Å². The van der Waals surface area contributed by atoms with Crippen LogP contribution < -0.4 is 5.32 Å². The lowest BCUT2D eigenvalue weighted by molar-refractivity contribution is -0.118. The van der Waals surface area contributed by atoms with Gasteiger partial charge in [-0.15, -0.1) is 0 Å². The molecule has 0 heterocycles. The van der Waals surface area contributed by atoms with Gasteiger partial charge in [0.05, 0.1) is 0 Å². The fraction of sp³-hybridized carbons (Fsp3) is 0.222. The Morgan fingerprint density at radius 1 is 1.27 bits per heavy atom. The van der Waals surface area contributed by atoms with Gasteiger partial charge in [0.1, 0.15) is 0 Å². The highest BCUT2D eigenvalue weighted by molar-refractivity contribution is 7.86. The van der Waals surface area contributed by atoms with Gasteiger partial charge in [-0.1, -0.05) is 30.3 Å². The molecule has 82 valence electrons. The Morgan fingerprint density at radius 3 is 2.40 bits per heavy atom. The highest BCUT2D eigenvalue weighted by Gasteiger charge is 2.11. The lowest BCUT2D eigenvalue weighted by Crippen LogP contribution is -2.29. The van der Waals surface area contributed by atoms with E-state index < -0.39 is 21.8 Å². The average Bonchev–Trinajstić information content (AvgIpc) is 2.14. The third-order valence-corrected chi connectivity index (χ3v) is 2.27. The molecule has 15 heavy (non-hydrogen) atoms. The largest absolute Gasteiger partial charge is 0.351 e. The van der Waals surface area contributed by atoms with Gasteiger partial charge in [-0.05, 0) is 5.56 Å². The highest BCUT2D eigenvalue weighted by Crippen LogP contribution is 1.97. The van der Waals surface area contributed by atoms with Crippen molar-refractivity contribution in [1.29, 1.82) is 0 Å². The Hall–Kier alpha value is -1.40. The lowest BCUT2D eigenvalue weighted by Gasteiger charge is -2.03. The minimum atomic E-state index is -4.24. The Morgan fingerprint density at radius 2 is 1.87 bits per heavy atom. The van der Waals surface area contributed by atoms with Crippen molar-refractivity contribution >= 4 is 16.0 Å². The van der Waals surface area contributed by atoms with Gasteiger partial charge in [-0.25, -0.2) is 0 Å². The number of hydrogen-bond acceptors (Lipinski definition) is 3. The summed E-state index contributed by atoms with van der Waals surface area (Å²) in [6.07, 6.45) is 0. The summed E-state index contributed by atoms with van der Waals surface area (Å²) in [5.74, 6) is -1.62. The topological polar surface area (TPSA) is 83.5 Å². The molecule has 1 rings (SSSR count). The van der Waals surface area contributed by atoms with E-state index in [1.807, 2.05) is 18.2 Å². The van der Waals surface area contributed by atoms with Gasteiger partial charge < -0.3 is 5.32 Å². The van der Waals surface area contributed by atoms with Gasteiger partial charge in [0.25, 0.3) is 10.1 Å². The van der Waals surface area contributed by atoms with E-state index in [0.29, 0.717) is 0 Å². The van der Waals surface area contributed by atoms with E-state index in [9.17, 15) is 13.2 Å². The molecule has 0 spiro atoms. The van der Waals surface area contributed by atoms with E-state index in [1.165, 1.54) is 0 Å². The van der Waals surface area contributed by atoms with Crippen LogP contribution in [0.15, 0.2) is 30.3 Å². The van der Waals surface area contributed by atoms with Crippen LogP contribution in [0.1, 0.15) is 5.56 Å². The third-order valence-electron chi connectivity index (χ3n) is 1.65. The van der Waals surface area contributed by atoms with Crippen LogP contribution in [0.5, 0.6) is 0 Å². The van der Waals surface area contributed by atoms with Crippen LogP contribution >= 0.6 is 0 Å².